The lowest BCUT2D eigenvalue weighted by molar-refractivity contribution is 0.158. The minimum absolute atomic E-state index is 0.478. The highest BCUT2D eigenvalue weighted by Crippen LogP contribution is 2.24. The van der Waals surface area contributed by atoms with Crippen molar-refractivity contribution in [3.8, 4) is 0 Å². The van der Waals surface area contributed by atoms with Gasteiger partial charge in [0, 0.05) is 55.8 Å². The third-order valence-electron chi connectivity index (χ3n) is 5.31. The topological polar surface area (TPSA) is 52.6 Å². The molecule has 2 N–H and O–H groups in total. The molecule has 1 fully saturated rings. The molecule has 0 radical (unpaired) electrons. The van der Waals surface area contributed by atoms with Crippen LogP contribution in [0.25, 0.3) is 0 Å². The van der Waals surface area contributed by atoms with E-state index in [1.807, 2.05) is 6.20 Å². The quantitative estimate of drug-likeness (QED) is 0.550. The maximum atomic E-state index is 4.76. The minimum Gasteiger partial charge on any atom is -0.357 e. The monoisotopic (exact) mass is 399 g/mol. The first-order valence-electron chi connectivity index (χ1n) is 10.4. The van der Waals surface area contributed by atoms with Gasteiger partial charge in [0.05, 0.1) is 5.01 Å². The second-order valence-electron chi connectivity index (χ2n) is 7.42. The van der Waals surface area contributed by atoms with E-state index in [1.165, 1.54) is 15.4 Å². The van der Waals surface area contributed by atoms with E-state index >= 15 is 0 Å². The van der Waals surface area contributed by atoms with E-state index < -0.39 is 0 Å². The second kappa shape index (κ2) is 10.6. The average Bonchev–Trinajstić information content (AvgIpc) is 3.14. The van der Waals surface area contributed by atoms with Crippen LogP contribution >= 0.6 is 11.3 Å². The van der Waals surface area contributed by atoms with Gasteiger partial charge in [-0.1, -0.05) is 30.3 Å². The first kappa shape index (κ1) is 20.8. The number of likely N-dealkylation sites (tertiary alicyclic amines) is 1. The number of aryl methyl sites for hydroxylation is 1. The first-order valence-corrected chi connectivity index (χ1v) is 11.2. The molecule has 5 nitrogen and oxygen atoms in total. The van der Waals surface area contributed by atoms with Crippen molar-refractivity contribution in [3.63, 3.8) is 0 Å². The van der Waals surface area contributed by atoms with E-state index in [-0.39, 0.29) is 0 Å². The number of thiazole rings is 1. The lowest BCUT2D eigenvalue weighted by Gasteiger charge is -2.37. The SMILES string of the molecule is CCNC(=NCCc1ncc(C)s1)NC1CCN(C(C)c2ccccc2)CC1. The summed E-state index contributed by atoms with van der Waals surface area (Å²) in [5, 5.41) is 8.20. The molecule has 6 heteroatoms. The van der Waals surface area contributed by atoms with Gasteiger partial charge < -0.3 is 10.6 Å². The highest BCUT2D eigenvalue weighted by Gasteiger charge is 2.23. The number of nitrogens with zero attached hydrogens (tertiary/aromatic N) is 3. The summed E-state index contributed by atoms with van der Waals surface area (Å²) in [5.74, 6) is 0.935. The van der Waals surface area contributed by atoms with Crippen molar-refractivity contribution < 1.29 is 0 Å². The van der Waals surface area contributed by atoms with Crippen molar-refractivity contribution in [3.05, 3.63) is 52.0 Å². The average molecular weight is 400 g/mol. The maximum Gasteiger partial charge on any atom is 0.191 e. The van der Waals surface area contributed by atoms with Crippen LogP contribution in [0.5, 0.6) is 0 Å². The van der Waals surface area contributed by atoms with Crippen LogP contribution in [0, 0.1) is 6.92 Å². The molecule has 0 spiro atoms. The van der Waals surface area contributed by atoms with Crippen LogP contribution < -0.4 is 10.6 Å². The zero-order chi connectivity index (χ0) is 19.8. The van der Waals surface area contributed by atoms with Gasteiger partial charge >= 0.3 is 0 Å². The van der Waals surface area contributed by atoms with Gasteiger partial charge in [0.1, 0.15) is 0 Å². The van der Waals surface area contributed by atoms with Gasteiger partial charge in [0.25, 0.3) is 0 Å². The van der Waals surface area contributed by atoms with E-state index in [2.05, 4.69) is 71.6 Å². The lowest BCUT2D eigenvalue weighted by Crippen LogP contribution is -2.49. The minimum atomic E-state index is 0.478. The molecule has 1 aromatic carbocycles. The molecule has 1 unspecified atom stereocenters. The van der Waals surface area contributed by atoms with E-state index in [0.717, 1.165) is 51.4 Å². The number of hydrogen-bond donors (Lipinski definition) is 2. The predicted molar refractivity (Wildman–Crippen MR) is 119 cm³/mol. The van der Waals surface area contributed by atoms with Crippen LogP contribution in [-0.4, -0.2) is 48.1 Å². The molecule has 1 atom stereocenters. The predicted octanol–water partition coefficient (Wildman–Crippen LogP) is 3.77. The number of rotatable bonds is 7. The Morgan fingerprint density at radius 1 is 1.29 bits per heavy atom. The molecular formula is C22H33N5S. The number of hydrogen-bond acceptors (Lipinski definition) is 4. The third-order valence-corrected chi connectivity index (χ3v) is 6.28. The van der Waals surface area contributed by atoms with Crippen molar-refractivity contribution >= 4 is 17.3 Å². The van der Waals surface area contributed by atoms with Crippen LogP contribution in [0.15, 0.2) is 41.5 Å². The summed E-state index contributed by atoms with van der Waals surface area (Å²) in [4.78, 5) is 13.0. The van der Waals surface area contributed by atoms with Crippen molar-refractivity contribution in [1.82, 2.24) is 20.5 Å². The fourth-order valence-corrected chi connectivity index (χ4v) is 4.44. The van der Waals surface area contributed by atoms with Gasteiger partial charge in [-0.2, -0.15) is 0 Å². The number of nitrogens with one attached hydrogen (secondary N) is 2. The zero-order valence-electron chi connectivity index (χ0n) is 17.3. The first-order chi connectivity index (χ1) is 13.7. The summed E-state index contributed by atoms with van der Waals surface area (Å²) in [6, 6.07) is 11.8. The van der Waals surface area contributed by atoms with Gasteiger partial charge in [0.2, 0.25) is 0 Å². The van der Waals surface area contributed by atoms with Crippen LogP contribution in [0.2, 0.25) is 0 Å². The highest BCUT2D eigenvalue weighted by molar-refractivity contribution is 7.11. The summed E-state index contributed by atoms with van der Waals surface area (Å²) < 4.78 is 0. The van der Waals surface area contributed by atoms with E-state index in [9.17, 15) is 0 Å². The molecule has 0 amide bonds. The van der Waals surface area contributed by atoms with E-state index in [4.69, 9.17) is 4.99 Å². The molecule has 28 heavy (non-hydrogen) atoms. The molecule has 3 rings (SSSR count). The Kier molecular flexibility index (Phi) is 7.86. The lowest BCUT2D eigenvalue weighted by atomic mass is 10.0. The molecule has 1 saturated heterocycles. The Morgan fingerprint density at radius 2 is 2.04 bits per heavy atom. The summed E-state index contributed by atoms with van der Waals surface area (Å²) in [7, 11) is 0. The Balaban J connectivity index is 1.47. The molecule has 2 aromatic rings. The summed E-state index contributed by atoms with van der Waals surface area (Å²) in [6.07, 6.45) is 5.14. The highest BCUT2D eigenvalue weighted by atomic mass is 32.1. The van der Waals surface area contributed by atoms with Gasteiger partial charge in [-0.25, -0.2) is 4.98 Å². The summed E-state index contributed by atoms with van der Waals surface area (Å²) >= 11 is 1.76. The van der Waals surface area contributed by atoms with Gasteiger partial charge in [-0.3, -0.25) is 9.89 Å². The van der Waals surface area contributed by atoms with Crippen molar-refractivity contribution in [2.45, 2.75) is 52.1 Å². The normalized spacial score (nSPS) is 17.5. The van der Waals surface area contributed by atoms with Crippen molar-refractivity contribution in [2.75, 3.05) is 26.2 Å². The largest absolute Gasteiger partial charge is 0.357 e. The molecule has 1 aliphatic heterocycles. The second-order valence-corrected chi connectivity index (χ2v) is 8.74. The van der Waals surface area contributed by atoms with E-state index in [1.54, 1.807) is 11.3 Å². The van der Waals surface area contributed by atoms with E-state index in [0.29, 0.717) is 12.1 Å². The molecule has 0 aliphatic carbocycles. The van der Waals surface area contributed by atoms with Crippen LogP contribution in [-0.2, 0) is 6.42 Å². The number of piperidine rings is 1. The Morgan fingerprint density at radius 3 is 2.68 bits per heavy atom. The van der Waals surface area contributed by atoms with Gasteiger partial charge in [-0.05, 0) is 39.2 Å². The Labute approximate surface area is 173 Å². The third kappa shape index (κ3) is 6.04. The molecule has 152 valence electrons. The Hall–Kier alpha value is -1.92. The summed E-state index contributed by atoms with van der Waals surface area (Å²) in [5.41, 5.74) is 1.40. The molecule has 0 bridgehead atoms. The molecular weight excluding hydrogens is 366 g/mol. The fourth-order valence-electron chi connectivity index (χ4n) is 3.67. The summed E-state index contributed by atoms with van der Waals surface area (Å²) in [6.45, 7) is 10.4. The zero-order valence-corrected chi connectivity index (χ0v) is 18.1. The molecule has 1 aliphatic rings. The maximum absolute atomic E-state index is 4.76. The molecule has 1 aromatic heterocycles. The van der Waals surface area contributed by atoms with Gasteiger partial charge in [0.15, 0.2) is 5.96 Å². The van der Waals surface area contributed by atoms with Crippen LogP contribution in [0.3, 0.4) is 0 Å². The smallest absolute Gasteiger partial charge is 0.191 e. The van der Waals surface area contributed by atoms with Crippen LogP contribution in [0.1, 0.15) is 48.2 Å². The molecule has 2 heterocycles. The number of guanidine groups is 1. The number of aromatic nitrogens is 1. The molecule has 0 saturated carbocycles. The van der Waals surface area contributed by atoms with Gasteiger partial charge in [-0.15, -0.1) is 11.3 Å². The van der Waals surface area contributed by atoms with Crippen LogP contribution in [0.4, 0.5) is 0 Å². The standard InChI is InChI=1S/C22H33N5S/c1-4-23-22(24-13-10-21-25-16-17(2)28-21)26-20-11-14-27(15-12-20)18(3)19-8-6-5-7-9-19/h5-9,16,18,20H,4,10-15H2,1-3H3,(H2,23,24,26). The number of benzene rings is 1. The number of aliphatic imine (C=N–C) groups is 1. The van der Waals surface area contributed by atoms with Crippen molar-refractivity contribution in [1.29, 1.82) is 0 Å². The van der Waals surface area contributed by atoms with Crippen molar-refractivity contribution in [2.24, 2.45) is 4.99 Å². The Bertz CT molecular complexity index is 734. The fraction of sp³-hybridized carbons (Fsp3) is 0.545.